The number of rotatable bonds is 3. The van der Waals surface area contributed by atoms with Crippen LogP contribution in [-0.2, 0) is 23.7 Å². The number of amides is 1. The van der Waals surface area contributed by atoms with Crippen LogP contribution in [0.4, 0.5) is 0 Å². The molecule has 156 valence electrons. The zero-order valence-electron chi connectivity index (χ0n) is 16.4. The van der Waals surface area contributed by atoms with Gasteiger partial charge in [-0.2, -0.15) is 0 Å². The van der Waals surface area contributed by atoms with E-state index in [9.17, 15) is 9.59 Å². The number of carbonyl (C=O) groups is 2. The molecular formula is C20H29NO7. The molecule has 1 aliphatic heterocycles. The number of ether oxygens (including phenoxy) is 5. The molecule has 0 aromatic heterocycles. The Bertz CT molecular complexity index is 592. The topological polar surface area (TPSA) is 83.5 Å². The normalized spacial score (nSPS) is 18.0. The van der Waals surface area contributed by atoms with Gasteiger partial charge in [-0.1, -0.05) is 12.1 Å². The third-order valence-electron chi connectivity index (χ3n) is 4.07. The van der Waals surface area contributed by atoms with Crippen LogP contribution < -0.4 is 0 Å². The zero-order chi connectivity index (χ0) is 20.0. The minimum absolute atomic E-state index is 0.247. The molecule has 0 spiro atoms. The number of carbonyl (C=O) groups excluding carboxylic acids is 2. The third-order valence-corrected chi connectivity index (χ3v) is 4.07. The summed E-state index contributed by atoms with van der Waals surface area (Å²) in [4.78, 5) is 26.9. The van der Waals surface area contributed by atoms with Gasteiger partial charge in [0.2, 0.25) is 0 Å². The molecule has 1 aromatic rings. The lowest BCUT2D eigenvalue weighted by molar-refractivity contribution is 0.00206. The number of nitrogens with zero attached hydrogens (tertiary/aromatic N) is 1. The van der Waals surface area contributed by atoms with Gasteiger partial charge in [-0.3, -0.25) is 4.79 Å². The molecule has 1 aliphatic rings. The van der Waals surface area contributed by atoms with E-state index in [0.717, 1.165) is 0 Å². The first-order valence-corrected chi connectivity index (χ1v) is 9.60. The lowest BCUT2D eigenvalue weighted by atomic mass is 10.1. The smallest absolute Gasteiger partial charge is 0.338 e. The number of benzene rings is 1. The Morgan fingerprint density at radius 1 is 0.821 bits per heavy atom. The maximum absolute atomic E-state index is 13.1. The number of hydrogen-bond acceptors (Lipinski definition) is 7. The van der Waals surface area contributed by atoms with Crippen molar-refractivity contribution in [2.45, 2.75) is 6.92 Å². The molecule has 1 fully saturated rings. The lowest BCUT2D eigenvalue weighted by Gasteiger charge is -2.23. The van der Waals surface area contributed by atoms with E-state index in [1.165, 1.54) is 0 Å². The Labute approximate surface area is 165 Å². The molecule has 0 atom stereocenters. The second-order valence-electron chi connectivity index (χ2n) is 6.01. The quantitative estimate of drug-likeness (QED) is 0.715. The predicted molar refractivity (Wildman–Crippen MR) is 102 cm³/mol. The lowest BCUT2D eigenvalue weighted by Crippen LogP contribution is -2.37. The van der Waals surface area contributed by atoms with Crippen LogP contribution in [0.1, 0.15) is 27.6 Å². The second-order valence-corrected chi connectivity index (χ2v) is 6.01. The van der Waals surface area contributed by atoms with Crippen molar-refractivity contribution in [2.75, 3.05) is 72.6 Å². The van der Waals surface area contributed by atoms with Crippen molar-refractivity contribution in [3.05, 3.63) is 35.4 Å². The fourth-order valence-corrected chi connectivity index (χ4v) is 2.65. The van der Waals surface area contributed by atoms with Crippen LogP contribution in [0.25, 0.3) is 0 Å². The molecule has 2 rings (SSSR count). The summed E-state index contributed by atoms with van der Waals surface area (Å²) in [5, 5.41) is 0. The molecule has 1 amide bonds. The van der Waals surface area contributed by atoms with Crippen LogP contribution in [0.15, 0.2) is 24.3 Å². The van der Waals surface area contributed by atoms with Gasteiger partial charge in [-0.25, -0.2) is 4.79 Å². The first kappa shape index (κ1) is 22.3. The van der Waals surface area contributed by atoms with Gasteiger partial charge in [-0.15, -0.1) is 0 Å². The van der Waals surface area contributed by atoms with E-state index in [2.05, 4.69) is 0 Å². The third kappa shape index (κ3) is 7.55. The molecule has 1 heterocycles. The fourth-order valence-electron chi connectivity index (χ4n) is 2.65. The van der Waals surface area contributed by atoms with Gasteiger partial charge in [0.15, 0.2) is 0 Å². The summed E-state index contributed by atoms with van der Waals surface area (Å²) in [5.74, 6) is -0.765. The summed E-state index contributed by atoms with van der Waals surface area (Å²) in [6, 6.07) is 6.67. The van der Waals surface area contributed by atoms with Crippen LogP contribution in [-0.4, -0.2) is 89.3 Å². The second kappa shape index (κ2) is 13.2. The van der Waals surface area contributed by atoms with Crippen LogP contribution in [0.5, 0.6) is 0 Å². The van der Waals surface area contributed by atoms with Crippen LogP contribution in [0.3, 0.4) is 0 Å². The molecule has 0 aliphatic carbocycles. The molecule has 8 heteroatoms. The molecular weight excluding hydrogens is 366 g/mol. The van der Waals surface area contributed by atoms with E-state index in [4.69, 9.17) is 23.7 Å². The summed E-state index contributed by atoms with van der Waals surface area (Å²) >= 11 is 0. The highest BCUT2D eigenvalue weighted by Crippen LogP contribution is 2.13. The summed E-state index contributed by atoms with van der Waals surface area (Å²) < 4.78 is 27.0. The van der Waals surface area contributed by atoms with E-state index in [1.807, 2.05) is 0 Å². The van der Waals surface area contributed by atoms with Crippen LogP contribution in [0, 0.1) is 0 Å². The highest BCUT2D eigenvalue weighted by molar-refractivity contribution is 6.05. The highest BCUT2D eigenvalue weighted by Gasteiger charge is 2.22. The summed E-state index contributed by atoms with van der Waals surface area (Å²) in [6.07, 6.45) is 0. The van der Waals surface area contributed by atoms with Crippen molar-refractivity contribution in [2.24, 2.45) is 0 Å². The van der Waals surface area contributed by atoms with E-state index in [0.29, 0.717) is 71.5 Å². The maximum atomic E-state index is 13.1. The Balaban J connectivity index is 2.05. The molecule has 1 saturated heterocycles. The Morgan fingerprint density at radius 2 is 1.29 bits per heavy atom. The molecule has 0 N–H and O–H groups in total. The minimum atomic E-state index is -0.508. The van der Waals surface area contributed by atoms with Gasteiger partial charge < -0.3 is 28.6 Å². The highest BCUT2D eigenvalue weighted by atomic mass is 16.6. The first-order valence-electron chi connectivity index (χ1n) is 9.60. The van der Waals surface area contributed by atoms with Crippen molar-refractivity contribution in [3.63, 3.8) is 0 Å². The van der Waals surface area contributed by atoms with Crippen molar-refractivity contribution in [1.29, 1.82) is 0 Å². The van der Waals surface area contributed by atoms with Crippen molar-refractivity contribution >= 4 is 11.9 Å². The molecule has 0 bridgehead atoms. The van der Waals surface area contributed by atoms with Crippen molar-refractivity contribution in [1.82, 2.24) is 4.90 Å². The number of hydrogen-bond donors (Lipinski definition) is 0. The largest absolute Gasteiger partial charge is 0.462 e. The van der Waals surface area contributed by atoms with Gasteiger partial charge in [0.25, 0.3) is 5.91 Å². The van der Waals surface area contributed by atoms with E-state index in [1.54, 1.807) is 36.1 Å². The minimum Gasteiger partial charge on any atom is -0.462 e. The van der Waals surface area contributed by atoms with Crippen molar-refractivity contribution in [3.8, 4) is 0 Å². The predicted octanol–water partition coefficient (Wildman–Crippen LogP) is 1.39. The standard InChI is InChI=1S/C20H29NO7/c1-2-28-20(23)18-6-4-3-5-17(18)19(22)21-7-9-24-11-13-26-15-16-27-14-12-25-10-8-21/h3-6H,2,7-16H2,1H3. The Hall–Kier alpha value is -2.00. The number of esters is 1. The first-order chi connectivity index (χ1) is 13.7. The van der Waals surface area contributed by atoms with Gasteiger partial charge in [0.1, 0.15) is 0 Å². The van der Waals surface area contributed by atoms with Crippen molar-refractivity contribution < 1.29 is 33.3 Å². The monoisotopic (exact) mass is 395 g/mol. The molecule has 8 nitrogen and oxygen atoms in total. The van der Waals surface area contributed by atoms with E-state index >= 15 is 0 Å². The average Bonchev–Trinajstić information content (AvgIpc) is 2.72. The summed E-state index contributed by atoms with van der Waals surface area (Å²) in [5.41, 5.74) is 0.569. The molecule has 28 heavy (non-hydrogen) atoms. The van der Waals surface area contributed by atoms with Gasteiger partial charge in [-0.05, 0) is 19.1 Å². The van der Waals surface area contributed by atoms with Gasteiger partial charge in [0.05, 0.1) is 70.6 Å². The molecule has 0 radical (unpaired) electrons. The summed E-state index contributed by atoms with van der Waals surface area (Å²) in [6.45, 7) is 6.34. The molecule has 1 aromatic carbocycles. The Kier molecular flexibility index (Phi) is 10.5. The maximum Gasteiger partial charge on any atom is 0.338 e. The van der Waals surface area contributed by atoms with E-state index < -0.39 is 5.97 Å². The molecule has 0 unspecified atom stereocenters. The van der Waals surface area contributed by atoms with Gasteiger partial charge in [0, 0.05) is 13.1 Å². The van der Waals surface area contributed by atoms with Crippen LogP contribution in [0.2, 0.25) is 0 Å². The SMILES string of the molecule is CCOC(=O)c1ccccc1C(=O)N1CCOCCOCCOCCOCC1. The van der Waals surface area contributed by atoms with E-state index in [-0.39, 0.29) is 18.1 Å². The molecule has 0 saturated carbocycles. The van der Waals surface area contributed by atoms with Crippen LogP contribution >= 0.6 is 0 Å². The summed E-state index contributed by atoms with van der Waals surface area (Å²) in [7, 11) is 0. The Morgan fingerprint density at radius 3 is 1.79 bits per heavy atom. The zero-order valence-corrected chi connectivity index (χ0v) is 16.4. The van der Waals surface area contributed by atoms with Gasteiger partial charge >= 0.3 is 5.97 Å². The average molecular weight is 395 g/mol. The fraction of sp³-hybridized carbons (Fsp3) is 0.600.